The molecule has 2 fully saturated rings. The van der Waals surface area contributed by atoms with Gasteiger partial charge in [0.05, 0.1) is 5.92 Å². The van der Waals surface area contributed by atoms with Gasteiger partial charge in [-0.1, -0.05) is 42.5 Å². The van der Waals surface area contributed by atoms with Gasteiger partial charge in [0.15, 0.2) is 0 Å². The summed E-state index contributed by atoms with van der Waals surface area (Å²) < 4.78 is 13.1. The van der Waals surface area contributed by atoms with Crippen LogP contribution in [0, 0.1) is 11.7 Å². The molecule has 0 unspecified atom stereocenters. The fourth-order valence-corrected chi connectivity index (χ4v) is 4.47. The fourth-order valence-electron chi connectivity index (χ4n) is 4.47. The predicted molar refractivity (Wildman–Crippen MR) is 113 cm³/mol. The minimum absolute atomic E-state index is 0.0878. The molecule has 2 saturated heterocycles. The van der Waals surface area contributed by atoms with Gasteiger partial charge in [0.25, 0.3) is 0 Å². The monoisotopic (exact) mass is 395 g/mol. The van der Waals surface area contributed by atoms with Crippen molar-refractivity contribution in [3.05, 3.63) is 71.5 Å². The second kappa shape index (κ2) is 9.51. The van der Waals surface area contributed by atoms with Gasteiger partial charge in [-0.15, -0.1) is 0 Å². The molecule has 0 bridgehead atoms. The first kappa shape index (κ1) is 20.0. The van der Waals surface area contributed by atoms with Crippen molar-refractivity contribution in [2.75, 3.05) is 39.3 Å². The zero-order chi connectivity index (χ0) is 20.1. The van der Waals surface area contributed by atoms with Gasteiger partial charge in [-0.2, -0.15) is 0 Å². The molecule has 1 amide bonds. The van der Waals surface area contributed by atoms with Crippen LogP contribution in [0.1, 0.15) is 24.0 Å². The quantitative estimate of drug-likeness (QED) is 0.777. The van der Waals surface area contributed by atoms with Crippen LogP contribution in [-0.2, 0) is 17.9 Å². The third-order valence-corrected chi connectivity index (χ3v) is 6.11. The number of carbonyl (C=O) groups excluding carboxylic acids is 1. The molecule has 154 valence electrons. The van der Waals surface area contributed by atoms with Crippen molar-refractivity contribution in [3.8, 4) is 0 Å². The van der Waals surface area contributed by atoms with Crippen molar-refractivity contribution in [1.29, 1.82) is 0 Å². The largest absolute Gasteiger partial charge is 0.340 e. The van der Waals surface area contributed by atoms with Crippen molar-refractivity contribution in [3.63, 3.8) is 0 Å². The Morgan fingerprint density at radius 1 is 0.828 bits per heavy atom. The Hall–Kier alpha value is -2.24. The van der Waals surface area contributed by atoms with E-state index in [2.05, 4.69) is 39.0 Å². The zero-order valence-electron chi connectivity index (χ0n) is 17.0. The Bertz CT molecular complexity index is 788. The highest BCUT2D eigenvalue weighted by Crippen LogP contribution is 2.22. The highest BCUT2D eigenvalue weighted by molar-refractivity contribution is 5.79. The van der Waals surface area contributed by atoms with Crippen LogP contribution in [0.15, 0.2) is 54.6 Å². The predicted octanol–water partition coefficient (Wildman–Crippen LogP) is 3.38. The van der Waals surface area contributed by atoms with Gasteiger partial charge in [0.2, 0.25) is 5.91 Å². The van der Waals surface area contributed by atoms with Gasteiger partial charge in [-0.05, 0) is 42.6 Å². The van der Waals surface area contributed by atoms with E-state index in [0.29, 0.717) is 5.91 Å². The zero-order valence-corrected chi connectivity index (χ0v) is 17.0. The van der Waals surface area contributed by atoms with Crippen LogP contribution in [-0.4, -0.2) is 59.9 Å². The standard InChI is InChI=1S/C24H30FN3O/c25-23-10-8-21(9-11-23)18-27-12-4-7-22(19-27)24(29)28-15-13-26(14-16-28)17-20-5-2-1-3-6-20/h1-3,5-6,8-11,22H,4,7,12-19H2/t22-/m0/s1. The summed E-state index contributed by atoms with van der Waals surface area (Å²) in [5, 5.41) is 0. The Morgan fingerprint density at radius 2 is 1.48 bits per heavy atom. The SMILES string of the molecule is O=C([C@H]1CCCN(Cc2ccc(F)cc2)C1)N1CCN(Cc2ccccc2)CC1. The molecule has 4 rings (SSSR count). The molecule has 0 N–H and O–H groups in total. The number of amides is 1. The number of nitrogens with zero attached hydrogens (tertiary/aromatic N) is 3. The molecule has 1 atom stereocenters. The lowest BCUT2D eigenvalue weighted by Gasteiger charge is -2.39. The van der Waals surface area contributed by atoms with E-state index in [1.54, 1.807) is 0 Å². The Balaban J connectivity index is 1.26. The summed E-state index contributed by atoms with van der Waals surface area (Å²) in [4.78, 5) is 19.9. The molecule has 2 aromatic carbocycles. The van der Waals surface area contributed by atoms with E-state index >= 15 is 0 Å². The summed E-state index contributed by atoms with van der Waals surface area (Å²) in [6, 6.07) is 17.2. The summed E-state index contributed by atoms with van der Waals surface area (Å²) in [5.74, 6) is 0.199. The molecular formula is C24H30FN3O. The molecule has 2 heterocycles. The summed E-state index contributed by atoms with van der Waals surface area (Å²) in [7, 11) is 0. The van der Waals surface area contributed by atoms with Crippen LogP contribution in [0.4, 0.5) is 4.39 Å². The lowest BCUT2D eigenvalue weighted by molar-refractivity contribution is -0.139. The van der Waals surface area contributed by atoms with Gasteiger partial charge < -0.3 is 4.90 Å². The van der Waals surface area contributed by atoms with Crippen molar-refractivity contribution in [2.24, 2.45) is 5.92 Å². The third-order valence-electron chi connectivity index (χ3n) is 6.11. The van der Waals surface area contributed by atoms with E-state index in [1.807, 2.05) is 18.2 Å². The number of hydrogen-bond donors (Lipinski definition) is 0. The van der Waals surface area contributed by atoms with Crippen LogP contribution >= 0.6 is 0 Å². The maximum absolute atomic E-state index is 13.1. The number of piperazine rings is 1. The van der Waals surface area contributed by atoms with E-state index in [4.69, 9.17) is 0 Å². The van der Waals surface area contributed by atoms with E-state index in [0.717, 1.165) is 70.8 Å². The number of rotatable bonds is 5. The van der Waals surface area contributed by atoms with Gasteiger partial charge in [-0.3, -0.25) is 14.6 Å². The fraction of sp³-hybridized carbons (Fsp3) is 0.458. The van der Waals surface area contributed by atoms with E-state index in [1.165, 1.54) is 17.7 Å². The molecule has 2 aliphatic rings. The molecule has 0 aliphatic carbocycles. The Labute approximate surface area is 172 Å². The first-order chi connectivity index (χ1) is 14.2. The van der Waals surface area contributed by atoms with E-state index in [9.17, 15) is 9.18 Å². The van der Waals surface area contributed by atoms with Crippen LogP contribution in [0.3, 0.4) is 0 Å². The van der Waals surface area contributed by atoms with Crippen molar-refractivity contribution < 1.29 is 9.18 Å². The number of piperidine rings is 1. The first-order valence-electron chi connectivity index (χ1n) is 10.7. The molecule has 2 aliphatic heterocycles. The van der Waals surface area contributed by atoms with Crippen molar-refractivity contribution in [1.82, 2.24) is 14.7 Å². The normalized spacial score (nSPS) is 21.3. The average molecular weight is 396 g/mol. The van der Waals surface area contributed by atoms with E-state index < -0.39 is 0 Å². The topological polar surface area (TPSA) is 26.8 Å². The average Bonchev–Trinajstić information content (AvgIpc) is 2.76. The highest BCUT2D eigenvalue weighted by atomic mass is 19.1. The van der Waals surface area contributed by atoms with Gasteiger partial charge in [0, 0.05) is 45.8 Å². The number of likely N-dealkylation sites (tertiary alicyclic amines) is 1. The first-order valence-corrected chi connectivity index (χ1v) is 10.7. The second-order valence-corrected chi connectivity index (χ2v) is 8.29. The number of hydrogen-bond acceptors (Lipinski definition) is 3. The summed E-state index contributed by atoms with van der Waals surface area (Å²) in [5.41, 5.74) is 2.44. The van der Waals surface area contributed by atoms with Crippen LogP contribution in [0.25, 0.3) is 0 Å². The molecular weight excluding hydrogens is 365 g/mol. The Morgan fingerprint density at radius 3 is 2.21 bits per heavy atom. The van der Waals surface area contributed by atoms with Crippen LogP contribution in [0.5, 0.6) is 0 Å². The molecule has 0 aromatic heterocycles. The molecule has 29 heavy (non-hydrogen) atoms. The van der Waals surface area contributed by atoms with Gasteiger partial charge in [-0.25, -0.2) is 4.39 Å². The van der Waals surface area contributed by atoms with Crippen molar-refractivity contribution in [2.45, 2.75) is 25.9 Å². The smallest absolute Gasteiger partial charge is 0.227 e. The molecule has 4 nitrogen and oxygen atoms in total. The number of halogens is 1. The second-order valence-electron chi connectivity index (χ2n) is 8.29. The number of benzene rings is 2. The molecule has 0 spiro atoms. The summed E-state index contributed by atoms with van der Waals surface area (Å²) in [6.07, 6.45) is 2.02. The summed E-state index contributed by atoms with van der Waals surface area (Å²) in [6.45, 7) is 7.07. The van der Waals surface area contributed by atoms with Gasteiger partial charge >= 0.3 is 0 Å². The molecule has 0 radical (unpaired) electrons. The van der Waals surface area contributed by atoms with Crippen molar-refractivity contribution >= 4 is 5.91 Å². The molecule has 0 saturated carbocycles. The molecule has 2 aromatic rings. The van der Waals surface area contributed by atoms with Crippen LogP contribution < -0.4 is 0 Å². The van der Waals surface area contributed by atoms with E-state index in [-0.39, 0.29) is 11.7 Å². The lowest BCUT2D eigenvalue weighted by Crippen LogP contribution is -2.52. The van der Waals surface area contributed by atoms with Gasteiger partial charge in [0.1, 0.15) is 5.82 Å². The Kier molecular flexibility index (Phi) is 6.57. The minimum atomic E-state index is -0.202. The number of carbonyl (C=O) groups is 1. The lowest BCUT2D eigenvalue weighted by atomic mass is 9.95. The maximum Gasteiger partial charge on any atom is 0.227 e. The summed E-state index contributed by atoms with van der Waals surface area (Å²) >= 11 is 0. The minimum Gasteiger partial charge on any atom is -0.340 e. The van der Waals surface area contributed by atoms with Crippen LogP contribution in [0.2, 0.25) is 0 Å². The molecule has 5 heteroatoms. The maximum atomic E-state index is 13.1. The highest BCUT2D eigenvalue weighted by Gasteiger charge is 2.31. The third kappa shape index (κ3) is 5.43.